The molecule has 0 bridgehead atoms. The third-order valence-corrected chi connectivity index (χ3v) is 3.81. The van der Waals surface area contributed by atoms with Gasteiger partial charge in [0.2, 0.25) is 0 Å². The minimum atomic E-state index is -0.636. The summed E-state index contributed by atoms with van der Waals surface area (Å²) in [4.78, 5) is -0.528. The van der Waals surface area contributed by atoms with Crippen LogP contribution in [0, 0.1) is 17.5 Å². The first-order valence-corrected chi connectivity index (χ1v) is 6.85. The lowest BCUT2D eigenvalue weighted by Gasteiger charge is -2.13. The van der Waals surface area contributed by atoms with Gasteiger partial charge in [0.05, 0.1) is 7.11 Å². The van der Waals surface area contributed by atoms with Crippen molar-refractivity contribution in [3.63, 3.8) is 0 Å². The molecule has 106 valence electrons. The fourth-order valence-corrected chi connectivity index (χ4v) is 2.60. The second-order valence-corrected chi connectivity index (χ2v) is 5.36. The van der Waals surface area contributed by atoms with E-state index in [-0.39, 0.29) is 12.0 Å². The van der Waals surface area contributed by atoms with Gasteiger partial charge in [-0.25, -0.2) is 13.2 Å². The highest BCUT2D eigenvalue weighted by molar-refractivity contribution is 9.09. The first kappa shape index (κ1) is 14.9. The molecule has 5 heteroatoms. The molecule has 0 N–H and O–H groups in total. The number of hydrogen-bond acceptors (Lipinski definition) is 1. The molecule has 1 unspecified atom stereocenters. The van der Waals surface area contributed by atoms with Crippen LogP contribution in [0.1, 0.15) is 16.0 Å². The van der Waals surface area contributed by atoms with Crippen LogP contribution >= 0.6 is 15.9 Å². The molecule has 0 saturated carbocycles. The summed E-state index contributed by atoms with van der Waals surface area (Å²) in [6.07, 6.45) is 0.0156. The zero-order chi connectivity index (χ0) is 14.7. The molecule has 2 aromatic carbocycles. The molecule has 0 radical (unpaired) electrons. The van der Waals surface area contributed by atoms with Crippen molar-refractivity contribution in [3.8, 4) is 5.75 Å². The van der Waals surface area contributed by atoms with E-state index in [9.17, 15) is 13.2 Å². The monoisotopic (exact) mass is 344 g/mol. The molecule has 0 amide bonds. The molecule has 0 fully saturated rings. The van der Waals surface area contributed by atoms with E-state index in [2.05, 4.69) is 15.9 Å². The summed E-state index contributed by atoms with van der Waals surface area (Å²) in [5.41, 5.74) is 0.262. The standard InChI is InChI=1S/C15H12BrF3O/c1-20-9-5-6-10(15(19)7-9)12(16)8-11-13(17)3-2-4-14(11)18/h2-7,12H,8H2,1H3. The Bertz CT molecular complexity index is 596. The number of methoxy groups -OCH3 is 1. The minimum absolute atomic E-state index is 0.0156. The maximum absolute atomic E-state index is 13.9. The third-order valence-electron chi connectivity index (χ3n) is 2.99. The van der Waals surface area contributed by atoms with Gasteiger partial charge in [0.1, 0.15) is 23.2 Å². The first-order valence-electron chi connectivity index (χ1n) is 5.93. The first-order chi connectivity index (χ1) is 9.52. The highest BCUT2D eigenvalue weighted by Crippen LogP contribution is 2.32. The Morgan fingerprint density at radius 2 is 1.70 bits per heavy atom. The van der Waals surface area contributed by atoms with Gasteiger partial charge in [-0.2, -0.15) is 0 Å². The van der Waals surface area contributed by atoms with Crippen molar-refractivity contribution < 1.29 is 17.9 Å². The predicted octanol–water partition coefficient (Wildman–Crippen LogP) is 4.79. The quantitative estimate of drug-likeness (QED) is 0.724. The largest absolute Gasteiger partial charge is 0.497 e. The lowest BCUT2D eigenvalue weighted by molar-refractivity contribution is 0.410. The fraction of sp³-hybridized carbons (Fsp3) is 0.200. The van der Waals surface area contributed by atoms with Crippen LogP contribution < -0.4 is 4.74 Å². The molecule has 2 rings (SSSR count). The molecule has 2 aromatic rings. The zero-order valence-electron chi connectivity index (χ0n) is 10.7. The van der Waals surface area contributed by atoms with Crippen molar-refractivity contribution in [2.75, 3.05) is 7.11 Å². The van der Waals surface area contributed by atoms with Gasteiger partial charge in [-0.1, -0.05) is 28.1 Å². The Kier molecular flexibility index (Phi) is 4.70. The van der Waals surface area contributed by atoms with E-state index in [1.54, 1.807) is 6.07 Å². The third kappa shape index (κ3) is 3.15. The SMILES string of the molecule is COc1ccc(C(Br)Cc2c(F)cccc2F)c(F)c1. The Balaban J connectivity index is 2.26. The molecular formula is C15H12BrF3O. The summed E-state index contributed by atoms with van der Waals surface area (Å²) in [5.74, 6) is -1.36. The second-order valence-electron chi connectivity index (χ2n) is 4.26. The summed E-state index contributed by atoms with van der Waals surface area (Å²) in [7, 11) is 1.44. The minimum Gasteiger partial charge on any atom is -0.497 e. The molecule has 0 aromatic heterocycles. The molecule has 0 aliphatic carbocycles. The van der Waals surface area contributed by atoms with Crippen molar-refractivity contribution >= 4 is 15.9 Å². The van der Waals surface area contributed by atoms with Crippen molar-refractivity contribution in [2.45, 2.75) is 11.2 Å². The Labute approximate surface area is 123 Å². The molecule has 0 heterocycles. The normalized spacial score (nSPS) is 12.2. The topological polar surface area (TPSA) is 9.23 Å². The highest BCUT2D eigenvalue weighted by atomic mass is 79.9. The van der Waals surface area contributed by atoms with Crippen molar-refractivity contribution in [1.82, 2.24) is 0 Å². The summed E-state index contributed by atoms with van der Waals surface area (Å²) < 4.78 is 45.9. The van der Waals surface area contributed by atoms with Crippen molar-refractivity contribution in [3.05, 3.63) is 65.0 Å². The Morgan fingerprint density at radius 3 is 2.25 bits per heavy atom. The fourth-order valence-electron chi connectivity index (χ4n) is 1.91. The van der Waals surface area contributed by atoms with Gasteiger partial charge in [-0.05, 0) is 24.6 Å². The van der Waals surface area contributed by atoms with Gasteiger partial charge in [0, 0.05) is 22.0 Å². The van der Waals surface area contributed by atoms with Gasteiger partial charge in [-0.3, -0.25) is 0 Å². The molecule has 20 heavy (non-hydrogen) atoms. The van der Waals surface area contributed by atoms with Gasteiger partial charge in [0.15, 0.2) is 0 Å². The lowest BCUT2D eigenvalue weighted by atomic mass is 10.0. The maximum atomic E-state index is 13.9. The summed E-state index contributed by atoms with van der Waals surface area (Å²) in [6.45, 7) is 0. The zero-order valence-corrected chi connectivity index (χ0v) is 12.3. The Morgan fingerprint density at radius 1 is 1.05 bits per heavy atom. The number of benzene rings is 2. The smallest absolute Gasteiger partial charge is 0.131 e. The molecular weight excluding hydrogens is 333 g/mol. The van der Waals surface area contributed by atoms with Crippen LogP contribution in [0.5, 0.6) is 5.75 Å². The highest BCUT2D eigenvalue weighted by Gasteiger charge is 2.18. The van der Waals surface area contributed by atoms with Crippen LogP contribution in [-0.2, 0) is 6.42 Å². The maximum Gasteiger partial charge on any atom is 0.131 e. The average Bonchev–Trinajstić information content (AvgIpc) is 2.42. The number of halogens is 4. The predicted molar refractivity (Wildman–Crippen MR) is 74.7 cm³/mol. The van der Waals surface area contributed by atoms with Crippen LogP contribution in [-0.4, -0.2) is 7.11 Å². The van der Waals surface area contributed by atoms with Crippen molar-refractivity contribution in [1.29, 1.82) is 0 Å². The molecule has 0 spiro atoms. The van der Waals surface area contributed by atoms with E-state index in [1.165, 1.54) is 37.4 Å². The van der Waals surface area contributed by atoms with E-state index >= 15 is 0 Å². The van der Waals surface area contributed by atoms with Gasteiger partial charge >= 0.3 is 0 Å². The van der Waals surface area contributed by atoms with Crippen LogP contribution in [0.25, 0.3) is 0 Å². The number of hydrogen-bond donors (Lipinski definition) is 0. The van der Waals surface area contributed by atoms with Crippen LogP contribution in [0.3, 0.4) is 0 Å². The van der Waals surface area contributed by atoms with E-state index in [0.29, 0.717) is 11.3 Å². The summed E-state index contributed by atoms with van der Waals surface area (Å²) >= 11 is 3.27. The molecule has 1 nitrogen and oxygen atoms in total. The summed E-state index contributed by atoms with van der Waals surface area (Å²) in [5, 5.41) is 0. The number of ether oxygens (including phenoxy) is 1. The summed E-state index contributed by atoms with van der Waals surface area (Å²) in [6, 6.07) is 8.04. The molecule has 1 atom stereocenters. The second kappa shape index (κ2) is 6.31. The lowest BCUT2D eigenvalue weighted by Crippen LogP contribution is -2.03. The Hall–Kier alpha value is -1.49. The number of rotatable bonds is 4. The van der Waals surface area contributed by atoms with Gasteiger partial charge < -0.3 is 4.74 Å². The van der Waals surface area contributed by atoms with E-state index in [0.717, 1.165) is 0 Å². The van der Waals surface area contributed by atoms with Crippen LogP contribution in [0.2, 0.25) is 0 Å². The molecule has 0 saturated heterocycles. The van der Waals surface area contributed by atoms with Crippen molar-refractivity contribution in [2.24, 2.45) is 0 Å². The van der Waals surface area contributed by atoms with Crippen LogP contribution in [0.4, 0.5) is 13.2 Å². The molecule has 0 aliphatic rings. The van der Waals surface area contributed by atoms with E-state index < -0.39 is 22.3 Å². The van der Waals surface area contributed by atoms with Gasteiger partial charge in [-0.15, -0.1) is 0 Å². The average molecular weight is 345 g/mol. The van der Waals surface area contributed by atoms with Crippen LogP contribution in [0.15, 0.2) is 36.4 Å². The van der Waals surface area contributed by atoms with Gasteiger partial charge in [0.25, 0.3) is 0 Å². The van der Waals surface area contributed by atoms with E-state index in [4.69, 9.17) is 4.74 Å². The molecule has 0 aliphatic heterocycles. The number of alkyl halides is 1. The van der Waals surface area contributed by atoms with E-state index in [1.807, 2.05) is 0 Å².